The van der Waals surface area contributed by atoms with E-state index in [9.17, 15) is 0 Å². The third-order valence-electron chi connectivity index (χ3n) is 3.94. The molecule has 0 bridgehead atoms. The van der Waals surface area contributed by atoms with E-state index in [4.69, 9.17) is 0 Å². The van der Waals surface area contributed by atoms with Crippen LogP contribution in [0.3, 0.4) is 0 Å². The number of hydrogen-bond donors (Lipinski definition) is 1. The van der Waals surface area contributed by atoms with Crippen LogP contribution in [0, 0.1) is 0 Å². The number of piperazine rings is 1. The second-order valence-corrected chi connectivity index (χ2v) is 5.20. The lowest BCUT2D eigenvalue weighted by Crippen LogP contribution is -2.50. The monoisotopic (exact) mass is 247 g/mol. The molecule has 5 heteroatoms. The topological polar surface area (TPSA) is 44.3 Å². The Morgan fingerprint density at radius 1 is 1.28 bits per heavy atom. The SMILES string of the molecule is CNCc1cnc(N2CCN3CCCC3C2)nc1. The van der Waals surface area contributed by atoms with E-state index in [1.807, 2.05) is 19.4 Å². The second kappa shape index (κ2) is 5.20. The molecular weight excluding hydrogens is 226 g/mol. The molecule has 1 aromatic rings. The Bertz CT molecular complexity index is 391. The Balaban J connectivity index is 1.67. The predicted octanol–water partition coefficient (Wildman–Crippen LogP) is 0.480. The second-order valence-electron chi connectivity index (χ2n) is 5.20. The standard InChI is InChI=1S/C13H21N5/c1-14-7-11-8-15-13(16-9-11)18-6-5-17-4-2-3-12(17)10-18/h8-9,12,14H,2-7,10H2,1H3. The first kappa shape index (κ1) is 11.9. The molecular formula is C13H21N5. The number of anilines is 1. The highest BCUT2D eigenvalue weighted by atomic mass is 15.3. The molecule has 1 aromatic heterocycles. The smallest absolute Gasteiger partial charge is 0.225 e. The van der Waals surface area contributed by atoms with E-state index in [2.05, 4.69) is 25.1 Å². The van der Waals surface area contributed by atoms with Crippen LogP contribution >= 0.6 is 0 Å². The first-order valence-electron chi connectivity index (χ1n) is 6.81. The van der Waals surface area contributed by atoms with Crippen LogP contribution in [-0.2, 0) is 6.54 Å². The van der Waals surface area contributed by atoms with Crippen molar-refractivity contribution in [1.82, 2.24) is 20.2 Å². The molecule has 1 unspecified atom stereocenters. The Labute approximate surface area is 108 Å². The van der Waals surface area contributed by atoms with E-state index in [-0.39, 0.29) is 0 Å². The molecule has 0 radical (unpaired) electrons. The molecule has 5 nitrogen and oxygen atoms in total. The summed E-state index contributed by atoms with van der Waals surface area (Å²) in [4.78, 5) is 13.9. The summed E-state index contributed by atoms with van der Waals surface area (Å²) < 4.78 is 0. The molecule has 18 heavy (non-hydrogen) atoms. The van der Waals surface area contributed by atoms with Gasteiger partial charge in [0.05, 0.1) is 0 Å². The average Bonchev–Trinajstić information content (AvgIpc) is 2.87. The summed E-state index contributed by atoms with van der Waals surface area (Å²) in [5.74, 6) is 0.890. The quantitative estimate of drug-likeness (QED) is 0.841. The number of nitrogens with one attached hydrogen (secondary N) is 1. The van der Waals surface area contributed by atoms with E-state index < -0.39 is 0 Å². The number of fused-ring (bicyclic) bond motifs is 1. The number of nitrogens with zero attached hydrogens (tertiary/aromatic N) is 4. The Morgan fingerprint density at radius 2 is 2.11 bits per heavy atom. The summed E-state index contributed by atoms with van der Waals surface area (Å²) in [7, 11) is 1.94. The van der Waals surface area contributed by atoms with E-state index in [1.165, 1.54) is 19.4 Å². The van der Waals surface area contributed by atoms with Gasteiger partial charge in [-0.1, -0.05) is 0 Å². The van der Waals surface area contributed by atoms with Gasteiger partial charge < -0.3 is 10.2 Å². The van der Waals surface area contributed by atoms with Gasteiger partial charge in [-0.25, -0.2) is 9.97 Å². The van der Waals surface area contributed by atoms with Crippen LogP contribution in [0.25, 0.3) is 0 Å². The Hall–Kier alpha value is -1.20. The fourth-order valence-corrected chi connectivity index (χ4v) is 2.98. The largest absolute Gasteiger partial charge is 0.338 e. The molecule has 0 aromatic carbocycles. The van der Waals surface area contributed by atoms with Gasteiger partial charge in [-0.15, -0.1) is 0 Å². The molecule has 2 aliphatic heterocycles. The van der Waals surface area contributed by atoms with Crippen molar-refractivity contribution in [3.63, 3.8) is 0 Å². The molecule has 0 saturated carbocycles. The van der Waals surface area contributed by atoms with E-state index in [1.54, 1.807) is 0 Å². The third-order valence-corrected chi connectivity index (χ3v) is 3.94. The van der Waals surface area contributed by atoms with Gasteiger partial charge in [-0.3, -0.25) is 4.90 Å². The molecule has 3 heterocycles. The van der Waals surface area contributed by atoms with Crippen molar-refractivity contribution in [3.8, 4) is 0 Å². The van der Waals surface area contributed by atoms with Gasteiger partial charge in [0.2, 0.25) is 5.95 Å². The lowest BCUT2D eigenvalue weighted by molar-refractivity contribution is 0.229. The molecule has 0 amide bonds. The molecule has 98 valence electrons. The van der Waals surface area contributed by atoms with Crippen LogP contribution < -0.4 is 10.2 Å². The third kappa shape index (κ3) is 2.33. The van der Waals surface area contributed by atoms with Crippen molar-refractivity contribution >= 4 is 5.95 Å². The average molecular weight is 247 g/mol. The number of hydrogen-bond acceptors (Lipinski definition) is 5. The zero-order valence-electron chi connectivity index (χ0n) is 11.0. The van der Waals surface area contributed by atoms with Crippen LogP contribution in [0.1, 0.15) is 18.4 Å². The van der Waals surface area contributed by atoms with Crippen LogP contribution in [0.5, 0.6) is 0 Å². The molecule has 3 rings (SSSR count). The van der Waals surface area contributed by atoms with Crippen molar-refractivity contribution in [3.05, 3.63) is 18.0 Å². The summed E-state index contributed by atoms with van der Waals surface area (Å²) in [6, 6.07) is 0.722. The van der Waals surface area contributed by atoms with Crippen LogP contribution in [0.2, 0.25) is 0 Å². The molecule has 2 aliphatic rings. The van der Waals surface area contributed by atoms with Crippen LogP contribution in [0.4, 0.5) is 5.95 Å². The van der Waals surface area contributed by atoms with E-state index in [0.29, 0.717) is 0 Å². The number of rotatable bonds is 3. The maximum atomic E-state index is 4.49. The summed E-state index contributed by atoms with van der Waals surface area (Å²) in [5.41, 5.74) is 1.14. The maximum absolute atomic E-state index is 4.49. The summed E-state index contributed by atoms with van der Waals surface area (Å²) in [6.45, 7) is 5.41. The molecule has 2 saturated heterocycles. The Kier molecular flexibility index (Phi) is 3.43. The number of aromatic nitrogens is 2. The minimum Gasteiger partial charge on any atom is -0.338 e. The highest BCUT2D eigenvalue weighted by Crippen LogP contribution is 2.23. The van der Waals surface area contributed by atoms with Crippen molar-refractivity contribution in [2.24, 2.45) is 0 Å². The lowest BCUT2D eigenvalue weighted by atomic mass is 10.1. The molecule has 2 fully saturated rings. The van der Waals surface area contributed by atoms with Crippen LogP contribution in [0.15, 0.2) is 12.4 Å². The molecule has 0 aliphatic carbocycles. The fraction of sp³-hybridized carbons (Fsp3) is 0.692. The van der Waals surface area contributed by atoms with Gasteiger partial charge in [0.25, 0.3) is 0 Å². The zero-order chi connectivity index (χ0) is 12.4. The Morgan fingerprint density at radius 3 is 2.89 bits per heavy atom. The van der Waals surface area contributed by atoms with E-state index in [0.717, 1.165) is 43.7 Å². The highest BCUT2D eigenvalue weighted by molar-refractivity contribution is 5.31. The summed E-state index contributed by atoms with van der Waals surface area (Å²) in [5, 5.41) is 3.11. The highest BCUT2D eigenvalue weighted by Gasteiger charge is 2.31. The minimum atomic E-state index is 0.722. The van der Waals surface area contributed by atoms with Crippen LogP contribution in [-0.4, -0.2) is 54.1 Å². The molecule has 1 atom stereocenters. The summed E-state index contributed by atoms with van der Waals surface area (Å²) in [6.07, 6.45) is 6.54. The van der Waals surface area contributed by atoms with Crippen molar-refractivity contribution in [2.75, 3.05) is 38.1 Å². The van der Waals surface area contributed by atoms with E-state index >= 15 is 0 Å². The first-order chi connectivity index (χ1) is 8.86. The van der Waals surface area contributed by atoms with Crippen molar-refractivity contribution in [2.45, 2.75) is 25.4 Å². The van der Waals surface area contributed by atoms with Gasteiger partial charge in [-0.05, 0) is 26.4 Å². The van der Waals surface area contributed by atoms with Gasteiger partial charge in [-0.2, -0.15) is 0 Å². The maximum Gasteiger partial charge on any atom is 0.225 e. The van der Waals surface area contributed by atoms with Gasteiger partial charge in [0, 0.05) is 50.2 Å². The minimum absolute atomic E-state index is 0.722. The zero-order valence-corrected chi connectivity index (χ0v) is 11.0. The van der Waals surface area contributed by atoms with Crippen molar-refractivity contribution in [1.29, 1.82) is 0 Å². The molecule has 0 spiro atoms. The lowest BCUT2D eigenvalue weighted by Gasteiger charge is -2.37. The summed E-state index contributed by atoms with van der Waals surface area (Å²) >= 11 is 0. The van der Waals surface area contributed by atoms with Gasteiger partial charge in [0.15, 0.2) is 0 Å². The first-order valence-corrected chi connectivity index (χ1v) is 6.81. The normalized spacial score (nSPS) is 24.3. The van der Waals surface area contributed by atoms with Crippen molar-refractivity contribution < 1.29 is 0 Å². The molecule has 1 N–H and O–H groups in total. The predicted molar refractivity (Wildman–Crippen MR) is 71.6 cm³/mol. The van der Waals surface area contributed by atoms with Gasteiger partial charge >= 0.3 is 0 Å². The fourth-order valence-electron chi connectivity index (χ4n) is 2.98. The van der Waals surface area contributed by atoms with Gasteiger partial charge in [0.1, 0.15) is 0 Å².